The van der Waals surface area contributed by atoms with Crippen molar-refractivity contribution in [1.82, 2.24) is 25.0 Å². The van der Waals surface area contributed by atoms with Crippen molar-refractivity contribution >= 4 is 5.82 Å². The molecule has 0 aromatic carbocycles. The van der Waals surface area contributed by atoms with Gasteiger partial charge in [0.15, 0.2) is 0 Å². The molecule has 0 aliphatic rings. The van der Waals surface area contributed by atoms with Crippen molar-refractivity contribution in [2.75, 3.05) is 5.73 Å². The number of nitrogens with two attached hydrogens (primary N) is 1. The largest absolute Gasteiger partial charge is 0.384 e. The fraction of sp³-hybridized carbons (Fsp3) is 0.167. The minimum atomic E-state index is 0.587. The van der Waals surface area contributed by atoms with Gasteiger partial charge in [0.05, 0.1) is 12.7 Å². The summed E-state index contributed by atoms with van der Waals surface area (Å²) in [5, 5.41) is 13.8. The van der Waals surface area contributed by atoms with E-state index in [1.807, 2.05) is 4.57 Å². The van der Waals surface area contributed by atoms with Crippen molar-refractivity contribution in [3.63, 3.8) is 0 Å². The van der Waals surface area contributed by atoms with E-state index in [2.05, 4.69) is 20.4 Å². The lowest BCUT2D eigenvalue weighted by Crippen LogP contribution is -1.98. The predicted molar refractivity (Wildman–Crippen MR) is 42.1 cm³/mol. The van der Waals surface area contributed by atoms with Gasteiger partial charge in [-0.15, -0.1) is 10.2 Å². The highest BCUT2D eigenvalue weighted by molar-refractivity contribution is 5.36. The number of hydrogen-bond donors (Lipinski definition) is 2. The molecule has 3 N–H and O–H groups in total. The van der Waals surface area contributed by atoms with Crippen molar-refractivity contribution in [3.05, 3.63) is 24.4 Å². The Bertz CT molecular complexity index is 348. The Morgan fingerprint density at radius 2 is 2.17 bits per heavy atom. The lowest BCUT2D eigenvalue weighted by molar-refractivity contribution is 0.796. The molecule has 0 unspecified atom stereocenters. The zero-order chi connectivity index (χ0) is 8.39. The molecule has 2 aromatic rings. The lowest BCUT2D eigenvalue weighted by Gasteiger charge is -1.97. The molecule has 0 aliphatic heterocycles. The Kier molecular flexibility index (Phi) is 1.51. The zero-order valence-electron chi connectivity index (χ0n) is 6.31. The van der Waals surface area contributed by atoms with Crippen LogP contribution < -0.4 is 5.73 Å². The second-order valence-corrected chi connectivity index (χ2v) is 2.44. The van der Waals surface area contributed by atoms with Crippen LogP contribution in [0.5, 0.6) is 0 Å². The molecule has 0 atom stereocenters. The third-order valence-electron chi connectivity index (χ3n) is 1.57. The van der Waals surface area contributed by atoms with E-state index in [9.17, 15) is 0 Å². The molecule has 12 heavy (non-hydrogen) atoms. The summed E-state index contributed by atoms with van der Waals surface area (Å²) in [4.78, 5) is 0. The lowest BCUT2D eigenvalue weighted by atomic mass is 10.3. The van der Waals surface area contributed by atoms with E-state index in [1.165, 1.54) is 0 Å². The van der Waals surface area contributed by atoms with E-state index in [0.717, 1.165) is 5.56 Å². The van der Waals surface area contributed by atoms with Gasteiger partial charge in [-0.25, -0.2) is 0 Å². The number of nitrogen functional groups attached to an aromatic ring is 1. The van der Waals surface area contributed by atoms with Gasteiger partial charge in [0.2, 0.25) is 0 Å². The predicted octanol–water partition coefficient (Wildman–Crippen LogP) is -0.368. The van der Waals surface area contributed by atoms with E-state index < -0.39 is 0 Å². The van der Waals surface area contributed by atoms with Crippen molar-refractivity contribution in [2.24, 2.45) is 0 Å². The molecule has 0 saturated carbocycles. The zero-order valence-corrected chi connectivity index (χ0v) is 6.31. The van der Waals surface area contributed by atoms with Gasteiger partial charge in [-0.3, -0.25) is 5.10 Å². The van der Waals surface area contributed by atoms with Gasteiger partial charge in [-0.1, -0.05) is 0 Å². The van der Waals surface area contributed by atoms with Gasteiger partial charge >= 0.3 is 0 Å². The van der Waals surface area contributed by atoms with Crippen molar-refractivity contribution < 1.29 is 0 Å². The summed E-state index contributed by atoms with van der Waals surface area (Å²) in [6, 6.07) is 0. The monoisotopic (exact) mass is 164 g/mol. The summed E-state index contributed by atoms with van der Waals surface area (Å²) < 4.78 is 1.82. The molecule has 2 aromatic heterocycles. The minimum Gasteiger partial charge on any atom is -0.384 e. The summed E-state index contributed by atoms with van der Waals surface area (Å²) in [7, 11) is 0. The number of rotatable bonds is 2. The molecule has 6 nitrogen and oxygen atoms in total. The maximum atomic E-state index is 5.58. The second kappa shape index (κ2) is 2.65. The van der Waals surface area contributed by atoms with Crippen LogP contribution in [0.4, 0.5) is 5.82 Å². The smallest absolute Gasteiger partial charge is 0.123 e. The number of nitrogens with one attached hydrogen (secondary N) is 1. The van der Waals surface area contributed by atoms with Crippen LogP contribution in [0.2, 0.25) is 0 Å². The van der Waals surface area contributed by atoms with Gasteiger partial charge in [-0.2, -0.15) is 5.10 Å². The first-order chi connectivity index (χ1) is 5.86. The number of aromatic amines is 1. The summed E-state index contributed by atoms with van der Waals surface area (Å²) >= 11 is 0. The van der Waals surface area contributed by atoms with Crippen molar-refractivity contribution in [3.8, 4) is 0 Å². The van der Waals surface area contributed by atoms with Gasteiger partial charge in [-0.05, 0) is 0 Å². The first-order valence-corrected chi connectivity index (χ1v) is 3.46. The van der Waals surface area contributed by atoms with Crippen LogP contribution in [-0.2, 0) is 6.54 Å². The summed E-state index contributed by atoms with van der Waals surface area (Å²) in [6.45, 7) is 0.648. The molecular weight excluding hydrogens is 156 g/mol. The fourth-order valence-electron chi connectivity index (χ4n) is 0.948. The Balaban J connectivity index is 2.20. The molecule has 0 spiro atoms. The van der Waals surface area contributed by atoms with Gasteiger partial charge in [0.25, 0.3) is 0 Å². The first kappa shape index (κ1) is 6.84. The van der Waals surface area contributed by atoms with Crippen LogP contribution in [0.3, 0.4) is 0 Å². The van der Waals surface area contributed by atoms with E-state index in [1.54, 1.807) is 18.9 Å². The van der Waals surface area contributed by atoms with Crippen LogP contribution in [0.1, 0.15) is 5.56 Å². The molecular formula is C6H8N6. The molecule has 62 valence electrons. The standard InChI is InChI=1S/C6H8N6/c7-6-5(1-8-11-6)2-12-3-9-10-4-12/h1,3-4H,2H2,(H3,7,8,11). The minimum absolute atomic E-state index is 0.587. The molecule has 0 aliphatic carbocycles. The van der Waals surface area contributed by atoms with E-state index >= 15 is 0 Å². The van der Waals surface area contributed by atoms with Crippen molar-refractivity contribution in [1.29, 1.82) is 0 Å². The summed E-state index contributed by atoms with van der Waals surface area (Å²) in [5.41, 5.74) is 6.52. The topological polar surface area (TPSA) is 85.4 Å². The highest BCUT2D eigenvalue weighted by Crippen LogP contribution is 2.06. The average Bonchev–Trinajstić information content (AvgIpc) is 2.65. The summed E-state index contributed by atoms with van der Waals surface area (Å²) in [5.74, 6) is 0.587. The molecule has 0 amide bonds. The maximum absolute atomic E-state index is 5.58. The summed E-state index contributed by atoms with van der Waals surface area (Å²) in [6.07, 6.45) is 4.95. The third-order valence-corrected chi connectivity index (χ3v) is 1.57. The number of aromatic nitrogens is 5. The van der Waals surface area contributed by atoms with Crippen LogP contribution in [0.25, 0.3) is 0 Å². The van der Waals surface area contributed by atoms with E-state index in [4.69, 9.17) is 5.73 Å². The second-order valence-electron chi connectivity index (χ2n) is 2.44. The quantitative estimate of drug-likeness (QED) is 0.634. The Morgan fingerprint density at radius 3 is 2.75 bits per heavy atom. The molecule has 0 fully saturated rings. The molecule has 0 radical (unpaired) electrons. The Morgan fingerprint density at radius 1 is 1.42 bits per heavy atom. The van der Waals surface area contributed by atoms with Gasteiger partial charge < -0.3 is 10.3 Å². The van der Waals surface area contributed by atoms with Crippen LogP contribution in [-0.4, -0.2) is 25.0 Å². The number of anilines is 1. The maximum Gasteiger partial charge on any atom is 0.123 e. The third kappa shape index (κ3) is 1.14. The average molecular weight is 164 g/mol. The number of hydrogen-bond acceptors (Lipinski definition) is 4. The molecule has 0 saturated heterocycles. The van der Waals surface area contributed by atoms with Crippen LogP contribution in [0.15, 0.2) is 18.9 Å². The highest BCUT2D eigenvalue weighted by Gasteiger charge is 2.00. The van der Waals surface area contributed by atoms with Crippen LogP contribution in [0, 0.1) is 0 Å². The SMILES string of the molecule is Nc1[nH]ncc1Cn1cnnc1. The Labute approximate surface area is 68.4 Å². The number of H-pyrrole nitrogens is 1. The molecule has 6 heteroatoms. The van der Waals surface area contributed by atoms with E-state index in [-0.39, 0.29) is 0 Å². The number of nitrogens with zero attached hydrogens (tertiary/aromatic N) is 4. The molecule has 0 bridgehead atoms. The molecule has 2 rings (SSSR count). The fourth-order valence-corrected chi connectivity index (χ4v) is 0.948. The molecule has 2 heterocycles. The first-order valence-electron chi connectivity index (χ1n) is 3.46. The van der Waals surface area contributed by atoms with Gasteiger partial charge in [0.1, 0.15) is 18.5 Å². The van der Waals surface area contributed by atoms with Crippen LogP contribution >= 0.6 is 0 Å². The highest BCUT2D eigenvalue weighted by atomic mass is 15.2. The normalized spacial score (nSPS) is 10.3. The van der Waals surface area contributed by atoms with Crippen molar-refractivity contribution in [2.45, 2.75) is 6.54 Å². The van der Waals surface area contributed by atoms with E-state index in [0.29, 0.717) is 12.4 Å². The Hall–Kier alpha value is -1.85. The van der Waals surface area contributed by atoms with Gasteiger partial charge in [0, 0.05) is 5.56 Å².